The molecule has 2 heterocycles. The molecule has 4 rings (SSSR count). The summed E-state index contributed by atoms with van der Waals surface area (Å²) in [6, 6.07) is 10.4. The van der Waals surface area contributed by atoms with Crippen LogP contribution < -0.4 is 4.90 Å². The average Bonchev–Trinajstić information content (AvgIpc) is 3.41. The highest BCUT2D eigenvalue weighted by molar-refractivity contribution is 7.94. The molecule has 0 atom stereocenters. The number of carboxylic acid groups (broad SMARTS) is 2. The summed E-state index contributed by atoms with van der Waals surface area (Å²) in [5.41, 5.74) is 5.55. The molecule has 0 saturated carbocycles. The van der Waals surface area contributed by atoms with E-state index in [2.05, 4.69) is 38.8 Å². The molecule has 2 aliphatic rings. The second-order valence-electron chi connectivity index (χ2n) is 13.9. The van der Waals surface area contributed by atoms with Crippen molar-refractivity contribution in [3.05, 3.63) is 95.3 Å². The molecule has 2 aromatic rings. The lowest BCUT2D eigenvalue weighted by atomic mass is 9.81. The molecular weight excluding hydrogens is 709 g/mol. The maximum absolute atomic E-state index is 11.9. The third-order valence-corrected chi connectivity index (χ3v) is 10.9. The summed E-state index contributed by atoms with van der Waals surface area (Å²) < 4.78 is 40.5. The van der Waals surface area contributed by atoms with Gasteiger partial charge in [-0.15, -0.1) is 4.33 Å². The quantitative estimate of drug-likeness (QED) is 0.0220. The lowest BCUT2D eigenvalue weighted by Crippen LogP contribution is -2.28. The highest BCUT2D eigenvalue weighted by Gasteiger charge is 2.44. The summed E-state index contributed by atoms with van der Waals surface area (Å²) in [4.78, 5) is 24.9. The van der Waals surface area contributed by atoms with Crippen LogP contribution >= 0.6 is 12.0 Å². The zero-order valence-corrected chi connectivity index (χ0v) is 31.7. The molecule has 0 aliphatic carbocycles. The van der Waals surface area contributed by atoms with Gasteiger partial charge in [0.25, 0.3) is 10.1 Å². The molecule has 0 spiro atoms. The average molecular weight is 756 g/mol. The minimum Gasteiger partial charge on any atom is -0.481 e. The van der Waals surface area contributed by atoms with Crippen molar-refractivity contribution in [1.82, 2.24) is 0 Å². The van der Waals surface area contributed by atoms with Gasteiger partial charge in [0.05, 0.1) is 22.4 Å². The number of allylic oxidation sites excluding steroid dienone is 8. The summed E-state index contributed by atoms with van der Waals surface area (Å²) in [6.45, 7) is 11.4. The summed E-state index contributed by atoms with van der Waals surface area (Å²) in [7, 11) is -4.40. The van der Waals surface area contributed by atoms with Gasteiger partial charge in [-0.1, -0.05) is 48.8 Å². The third kappa shape index (κ3) is 9.68. The fourth-order valence-corrected chi connectivity index (χ4v) is 7.69. The van der Waals surface area contributed by atoms with E-state index in [0.29, 0.717) is 38.8 Å². The van der Waals surface area contributed by atoms with Crippen molar-refractivity contribution in [2.45, 2.75) is 93.8 Å². The number of carboxylic acids is 2. The minimum absolute atomic E-state index is 0.0578. The van der Waals surface area contributed by atoms with Crippen LogP contribution in [0.2, 0.25) is 0 Å². The number of aliphatic carboxylic acids is 2. The third-order valence-electron chi connectivity index (χ3n) is 9.46. The topological polar surface area (TPSA) is 174 Å². The molecule has 52 heavy (non-hydrogen) atoms. The van der Waals surface area contributed by atoms with Crippen LogP contribution in [-0.4, -0.2) is 63.8 Å². The Hall–Kier alpha value is -4.05. The van der Waals surface area contributed by atoms with Crippen molar-refractivity contribution < 1.29 is 52.0 Å². The molecule has 2 aliphatic heterocycles. The first-order valence-corrected chi connectivity index (χ1v) is 19.2. The zero-order valence-electron chi connectivity index (χ0n) is 30.0. The molecule has 0 saturated heterocycles. The lowest BCUT2D eigenvalue weighted by Gasteiger charge is -2.27. The van der Waals surface area contributed by atoms with E-state index in [9.17, 15) is 22.6 Å². The molecular formula is C38H47N2O10S2+. The largest absolute Gasteiger partial charge is 0.481 e. The van der Waals surface area contributed by atoms with Crippen molar-refractivity contribution in [3.63, 3.8) is 0 Å². The summed E-state index contributed by atoms with van der Waals surface area (Å²) in [6.07, 6.45) is 14.5. The molecule has 14 heteroatoms. The van der Waals surface area contributed by atoms with Crippen LogP contribution in [0.5, 0.6) is 0 Å². The molecule has 12 nitrogen and oxygen atoms in total. The van der Waals surface area contributed by atoms with Gasteiger partial charge in [0.15, 0.2) is 5.71 Å². The molecule has 0 fully saturated rings. The van der Waals surface area contributed by atoms with Gasteiger partial charge >= 0.3 is 11.9 Å². The van der Waals surface area contributed by atoms with Gasteiger partial charge in [0, 0.05) is 65.2 Å². The Bertz CT molecular complexity index is 1940. The number of rotatable bonds is 18. The molecule has 0 unspecified atom stereocenters. The standard InChI is InChI=1S/C38H46N2O10S2/c1-26(12-10-14-33-37(2,3)29-24-27(51-50-49-45)18-20-31(29)39(33)22-8-6-16-35(41)42)13-11-15-34-38(4,5)30-25-28(52(46,47)48)19-21-32(30)40(34)23-9-7-17-36(43)44/h10-15,18-21,24-25H,6-9,16-17,22-23H2,1-5H3,(H3-,41,42,43,44,45,46,47,48)/p+1. The van der Waals surface area contributed by atoms with Crippen LogP contribution in [0.25, 0.3) is 0 Å². The fourth-order valence-electron chi connectivity index (χ4n) is 6.79. The monoisotopic (exact) mass is 755 g/mol. The van der Waals surface area contributed by atoms with Gasteiger partial charge in [-0.05, 0) is 82.0 Å². The number of fused-ring (bicyclic) bond motifs is 2. The lowest BCUT2D eigenvalue weighted by molar-refractivity contribution is -0.438. The second kappa shape index (κ2) is 17.2. The molecule has 0 amide bonds. The first kappa shape index (κ1) is 40.7. The maximum Gasteiger partial charge on any atom is 0.303 e. The molecule has 4 N–H and O–H groups in total. The number of carbonyl (C=O) groups is 2. The summed E-state index contributed by atoms with van der Waals surface area (Å²) in [5.74, 6) is -1.68. The van der Waals surface area contributed by atoms with E-state index in [1.54, 1.807) is 6.07 Å². The fraction of sp³-hybridized carbons (Fsp3) is 0.395. The van der Waals surface area contributed by atoms with E-state index in [1.807, 2.05) is 69.4 Å². The van der Waals surface area contributed by atoms with Gasteiger partial charge in [-0.25, -0.2) is 5.26 Å². The predicted octanol–water partition coefficient (Wildman–Crippen LogP) is 7.99. The number of hydrogen-bond donors (Lipinski definition) is 4. The van der Waals surface area contributed by atoms with E-state index in [0.717, 1.165) is 56.4 Å². The number of benzene rings is 2. The van der Waals surface area contributed by atoms with Crippen molar-refractivity contribution in [2.24, 2.45) is 0 Å². The van der Waals surface area contributed by atoms with E-state index in [4.69, 9.17) is 15.5 Å². The van der Waals surface area contributed by atoms with Gasteiger partial charge in [0.2, 0.25) is 5.69 Å². The number of nitrogens with zero attached hydrogens (tertiary/aromatic N) is 2. The maximum atomic E-state index is 11.9. The van der Waals surface area contributed by atoms with Gasteiger partial charge in [-0.2, -0.15) is 13.0 Å². The predicted molar refractivity (Wildman–Crippen MR) is 200 cm³/mol. The first-order chi connectivity index (χ1) is 24.5. The van der Waals surface area contributed by atoms with Crippen LogP contribution in [0.15, 0.2) is 93.9 Å². The van der Waals surface area contributed by atoms with Gasteiger partial charge < -0.3 is 15.1 Å². The van der Waals surface area contributed by atoms with Crippen LogP contribution in [-0.2, 0) is 39.9 Å². The van der Waals surface area contributed by atoms with Crippen LogP contribution in [0.3, 0.4) is 0 Å². The van der Waals surface area contributed by atoms with Crippen molar-refractivity contribution in [1.29, 1.82) is 0 Å². The Balaban J connectivity index is 1.61. The molecule has 0 bridgehead atoms. The van der Waals surface area contributed by atoms with E-state index in [-0.39, 0.29) is 17.7 Å². The van der Waals surface area contributed by atoms with Crippen LogP contribution in [0.4, 0.5) is 11.4 Å². The Morgan fingerprint density at radius 2 is 1.62 bits per heavy atom. The Morgan fingerprint density at radius 3 is 2.27 bits per heavy atom. The van der Waals surface area contributed by atoms with Crippen molar-refractivity contribution >= 4 is 51.2 Å². The zero-order chi connectivity index (χ0) is 38.3. The Morgan fingerprint density at radius 1 is 0.923 bits per heavy atom. The summed E-state index contributed by atoms with van der Waals surface area (Å²) >= 11 is 0.893. The van der Waals surface area contributed by atoms with Gasteiger partial charge in [-0.3, -0.25) is 14.1 Å². The molecule has 0 radical (unpaired) electrons. The van der Waals surface area contributed by atoms with Crippen LogP contribution in [0, 0.1) is 0 Å². The van der Waals surface area contributed by atoms with Crippen molar-refractivity contribution in [2.75, 3.05) is 18.0 Å². The smallest absolute Gasteiger partial charge is 0.303 e. The molecule has 280 valence electrons. The minimum atomic E-state index is -4.40. The van der Waals surface area contributed by atoms with E-state index >= 15 is 0 Å². The number of hydrogen-bond acceptors (Lipinski definition) is 9. The van der Waals surface area contributed by atoms with Crippen LogP contribution in [0.1, 0.15) is 84.3 Å². The number of anilines is 1. The molecule has 0 aromatic heterocycles. The Labute approximate surface area is 309 Å². The Kier molecular flexibility index (Phi) is 13.5. The van der Waals surface area contributed by atoms with Gasteiger partial charge in [0.1, 0.15) is 6.54 Å². The van der Waals surface area contributed by atoms with E-state index < -0.39 is 32.9 Å². The number of unbranched alkanes of at least 4 members (excludes halogenated alkanes) is 2. The van der Waals surface area contributed by atoms with E-state index in [1.165, 1.54) is 12.1 Å². The summed E-state index contributed by atoms with van der Waals surface area (Å²) in [5, 5.41) is 30.6. The first-order valence-electron chi connectivity index (χ1n) is 17.0. The van der Waals surface area contributed by atoms with Crippen molar-refractivity contribution in [3.8, 4) is 0 Å². The SMILES string of the molecule is CC(/C=C/C=C1/N(CCCCC(=O)O)c2ccc(S(=O)(=O)O)cc2C1(C)C)=C\C=C\C1=[N+](CCCCC(=O)O)c2ccc(SOOO)cc2C1(C)C. The molecule has 2 aromatic carbocycles. The highest BCUT2D eigenvalue weighted by Crippen LogP contribution is 2.48. The normalized spacial score (nSPS) is 17.5. The highest BCUT2D eigenvalue weighted by atomic mass is 32.2. The second-order valence-corrected chi connectivity index (χ2v) is 16.1.